The summed E-state index contributed by atoms with van der Waals surface area (Å²) >= 11 is 0. The van der Waals surface area contributed by atoms with Crippen LogP contribution in [0.1, 0.15) is 17.4 Å². The van der Waals surface area contributed by atoms with E-state index in [2.05, 4.69) is 4.98 Å². The van der Waals surface area contributed by atoms with Crippen LogP contribution in [0.15, 0.2) is 6.33 Å². The van der Waals surface area contributed by atoms with Crippen molar-refractivity contribution < 1.29 is 14.6 Å². The Balaban J connectivity index is 3.21. The molecule has 1 heterocycles. The predicted octanol–water partition coefficient (Wildman–Crippen LogP) is -0.101. The van der Waals surface area contributed by atoms with Crippen LogP contribution in [0, 0.1) is 22.7 Å². The molecule has 0 aliphatic carbocycles. The Labute approximate surface area is 91.1 Å². The van der Waals surface area contributed by atoms with E-state index < -0.39 is 12.0 Å². The molecule has 1 unspecified atom stereocenters. The maximum Gasteiger partial charge on any atom is 0.329 e. The number of hydrogen-bond donors (Lipinski definition) is 1. The van der Waals surface area contributed by atoms with Crippen LogP contribution in [0.5, 0.6) is 0 Å². The van der Waals surface area contributed by atoms with Crippen molar-refractivity contribution in [1.82, 2.24) is 9.55 Å². The maximum atomic E-state index is 10.9. The summed E-state index contributed by atoms with van der Waals surface area (Å²) in [5.41, 5.74) is -0.170. The second kappa shape index (κ2) is 4.91. The summed E-state index contributed by atoms with van der Waals surface area (Å²) in [5.74, 6) is -1.15. The van der Waals surface area contributed by atoms with Gasteiger partial charge in [0.05, 0.1) is 12.9 Å². The Morgan fingerprint density at radius 2 is 2.38 bits per heavy atom. The van der Waals surface area contributed by atoms with Gasteiger partial charge in [-0.05, 0) is 0 Å². The summed E-state index contributed by atoms with van der Waals surface area (Å²) in [6, 6.07) is 2.40. The van der Waals surface area contributed by atoms with Gasteiger partial charge in [-0.1, -0.05) is 0 Å². The van der Waals surface area contributed by atoms with E-state index in [9.17, 15) is 4.79 Å². The van der Waals surface area contributed by atoms with E-state index in [0.29, 0.717) is 0 Å². The first-order valence-corrected chi connectivity index (χ1v) is 4.24. The summed E-state index contributed by atoms with van der Waals surface area (Å²) in [5, 5.41) is 26.4. The number of carboxylic acids is 1. The van der Waals surface area contributed by atoms with Crippen LogP contribution < -0.4 is 0 Å². The summed E-state index contributed by atoms with van der Waals surface area (Å²) in [7, 11) is 1.35. The number of carboxylic acid groups (broad SMARTS) is 1. The molecule has 82 valence electrons. The van der Waals surface area contributed by atoms with Crippen LogP contribution in [-0.4, -0.2) is 34.3 Å². The number of nitrogens with zero attached hydrogens (tertiary/aromatic N) is 4. The number of nitriles is 2. The first-order valence-electron chi connectivity index (χ1n) is 4.24. The second-order valence-electron chi connectivity index (χ2n) is 2.88. The van der Waals surface area contributed by atoms with Crippen molar-refractivity contribution >= 4 is 5.97 Å². The standard InChI is InChI=1S/C9H8N4O3/c1-16-4-8(9(14)15)13-5-12-6(2-10)7(13)3-11/h5,8H,4H2,1H3,(H,14,15). The average molecular weight is 220 g/mol. The molecule has 0 bridgehead atoms. The van der Waals surface area contributed by atoms with Gasteiger partial charge in [0.15, 0.2) is 17.4 Å². The molecule has 0 radical (unpaired) electrons. The zero-order valence-corrected chi connectivity index (χ0v) is 8.41. The Hall–Kier alpha value is -2.38. The number of rotatable bonds is 4. The van der Waals surface area contributed by atoms with Crippen molar-refractivity contribution in [2.24, 2.45) is 0 Å². The fraction of sp³-hybridized carbons (Fsp3) is 0.333. The van der Waals surface area contributed by atoms with Crippen molar-refractivity contribution in [3.63, 3.8) is 0 Å². The lowest BCUT2D eigenvalue weighted by molar-refractivity contribution is -0.142. The van der Waals surface area contributed by atoms with Gasteiger partial charge in [-0.3, -0.25) is 0 Å². The van der Waals surface area contributed by atoms with Gasteiger partial charge in [0, 0.05) is 7.11 Å². The van der Waals surface area contributed by atoms with Gasteiger partial charge >= 0.3 is 5.97 Å². The van der Waals surface area contributed by atoms with Crippen LogP contribution in [-0.2, 0) is 9.53 Å². The molecule has 1 atom stereocenters. The molecule has 0 fully saturated rings. The van der Waals surface area contributed by atoms with E-state index in [1.165, 1.54) is 7.11 Å². The van der Waals surface area contributed by atoms with Crippen LogP contribution >= 0.6 is 0 Å². The molecular weight excluding hydrogens is 212 g/mol. The zero-order chi connectivity index (χ0) is 12.1. The summed E-state index contributed by atoms with van der Waals surface area (Å²) in [6.07, 6.45) is 1.15. The lowest BCUT2D eigenvalue weighted by Crippen LogP contribution is -2.24. The molecule has 0 spiro atoms. The number of ether oxygens (including phenoxy) is 1. The van der Waals surface area contributed by atoms with Crippen LogP contribution in [0.4, 0.5) is 0 Å². The summed E-state index contributed by atoms with van der Waals surface area (Å²) in [6.45, 7) is -0.106. The van der Waals surface area contributed by atoms with Gasteiger partial charge in [0.25, 0.3) is 0 Å². The largest absolute Gasteiger partial charge is 0.480 e. The van der Waals surface area contributed by atoms with E-state index in [1.807, 2.05) is 0 Å². The molecule has 16 heavy (non-hydrogen) atoms. The molecule has 0 saturated heterocycles. The number of aliphatic carboxylic acids is 1. The van der Waals surface area contributed by atoms with Crippen molar-refractivity contribution in [1.29, 1.82) is 10.5 Å². The lowest BCUT2D eigenvalue weighted by Gasteiger charge is -2.13. The van der Waals surface area contributed by atoms with E-state index in [-0.39, 0.29) is 18.0 Å². The molecule has 0 saturated carbocycles. The van der Waals surface area contributed by atoms with E-state index in [0.717, 1.165) is 10.9 Å². The number of carbonyl (C=O) groups is 1. The van der Waals surface area contributed by atoms with Gasteiger partial charge in [0.2, 0.25) is 0 Å². The fourth-order valence-electron chi connectivity index (χ4n) is 1.22. The summed E-state index contributed by atoms with van der Waals surface area (Å²) < 4.78 is 5.86. The van der Waals surface area contributed by atoms with Crippen molar-refractivity contribution in [3.05, 3.63) is 17.7 Å². The molecule has 1 aromatic heterocycles. The van der Waals surface area contributed by atoms with Gasteiger partial charge in [-0.15, -0.1) is 0 Å². The first-order chi connectivity index (χ1) is 7.65. The predicted molar refractivity (Wildman–Crippen MR) is 50.2 cm³/mol. The number of methoxy groups -OCH3 is 1. The average Bonchev–Trinajstić information content (AvgIpc) is 2.67. The maximum absolute atomic E-state index is 10.9. The minimum Gasteiger partial charge on any atom is -0.480 e. The van der Waals surface area contributed by atoms with Gasteiger partial charge in [-0.25, -0.2) is 9.78 Å². The Morgan fingerprint density at radius 1 is 1.69 bits per heavy atom. The molecule has 7 heteroatoms. The van der Waals surface area contributed by atoms with Gasteiger partial charge < -0.3 is 14.4 Å². The highest BCUT2D eigenvalue weighted by molar-refractivity contribution is 5.72. The SMILES string of the molecule is COCC(C(=O)O)n1cnc(C#N)c1C#N. The molecule has 7 nitrogen and oxygen atoms in total. The quantitative estimate of drug-likeness (QED) is 0.758. The smallest absolute Gasteiger partial charge is 0.329 e. The van der Waals surface area contributed by atoms with Crippen molar-refractivity contribution in [2.45, 2.75) is 6.04 Å². The first kappa shape index (κ1) is 11.7. The van der Waals surface area contributed by atoms with Crippen LogP contribution in [0.3, 0.4) is 0 Å². The highest BCUT2D eigenvalue weighted by Crippen LogP contribution is 2.14. The van der Waals surface area contributed by atoms with E-state index in [1.54, 1.807) is 12.1 Å². The molecule has 0 aromatic carbocycles. The fourth-order valence-corrected chi connectivity index (χ4v) is 1.22. The number of hydrogen-bond acceptors (Lipinski definition) is 5. The molecule has 0 amide bonds. The minimum atomic E-state index is -1.15. The van der Waals surface area contributed by atoms with Crippen LogP contribution in [0.2, 0.25) is 0 Å². The minimum absolute atomic E-state index is 0.0769. The highest BCUT2D eigenvalue weighted by atomic mass is 16.5. The summed E-state index contributed by atoms with van der Waals surface area (Å²) in [4.78, 5) is 14.6. The highest BCUT2D eigenvalue weighted by Gasteiger charge is 2.24. The van der Waals surface area contributed by atoms with E-state index >= 15 is 0 Å². The third-order valence-corrected chi connectivity index (χ3v) is 1.95. The third kappa shape index (κ3) is 2.00. The Morgan fingerprint density at radius 3 is 2.81 bits per heavy atom. The van der Waals surface area contributed by atoms with Gasteiger partial charge in [-0.2, -0.15) is 10.5 Å². The van der Waals surface area contributed by atoms with Crippen LogP contribution in [0.25, 0.3) is 0 Å². The Kier molecular flexibility index (Phi) is 3.59. The second-order valence-corrected chi connectivity index (χ2v) is 2.88. The van der Waals surface area contributed by atoms with Crippen molar-refractivity contribution in [2.75, 3.05) is 13.7 Å². The molecule has 1 aromatic rings. The number of aromatic nitrogens is 2. The molecular formula is C9H8N4O3. The zero-order valence-electron chi connectivity index (χ0n) is 8.41. The number of imidazole rings is 1. The van der Waals surface area contributed by atoms with E-state index in [4.69, 9.17) is 20.4 Å². The lowest BCUT2D eigenvalue weighted by atomic mass is 10.2. The van der Waals surface area contributed by atoms with Gasteiger partial charge in [0.1, 0.15) is 12.1 Å². The van der Waals surface area contributed by atoms with Crippen molar-refractivity contribution in [3.8, 4) is 12.1 Å². The third-order valence-electron chi connectivity index (χ3n) is 1.95. The molecule has 1 rings (SSSR count). The molecule has 1 N–H and O–H groups in total. The monoisotopic (exact) mass is 220 g/mol. The molecule has 0 aliphatic rings. The molecule has 0 aliphatic heterocycles. The Bertz CT molecular complexity index is 480. The normalized spacial score (nSPS) is 11.4. The topological polar surface area (TPSA) is 112 Å².